The number of sulfonamides is 1. The van der Waals surface area contributed by atoms with E-state index in [9.17, 15) is 18.0 Å². The summed E-state index contributed by atoms with van der Waals surface area (Å²) in [5.74, 6) is 0.206. The van der Waals surface area contributed by atoms with Crippen molar-refractivity contribution >= 4 is 21.8 Å². The number of carbonyl (C=O) groups is 2. The highest BCUT2D eigenvalue weighted by molar-refractivity contribution is 7.89. The fraction of sp³-hybridized carbons (Fsp3) is 0.417. The fourth-order valence-electron chi connectivity index (χ4n) is 3.36. The second kappa shape index (κ2) is 12.4. The number of hydrogen-bond donors (Lipinski definition) is 1. The summed E-state index contributed by atoms with van der Waals surface area (Å²) in [7, 11) is -0.553. The topological polar surface area (TPSA) is 96.0 Å². The Kier molecular flexibility index (Phi) is 9.87. The van der Waals surface area contributed by atoms with Gasteiger partial charge in [0, 0.05) is 33.1 Å². The third-order valence-corrected chi connectivity index (χ3v) is 7.19. The van der Waals surface area contributed by atoms with E-state index in [1.54, 1.807) is 44.4 Å². The first-order valence-corrected chi connectivity index (χ1v) is 12.4. The zero-order valence-electron chi connectivity index (χ0n) is 19.7. The molecule has 2 rings (SSSR count). The molecule has 0 aliphatic heterocycles. The molecule has 0 aliphatic carbocycles. The van der Waals surface area contributed by atoms with Gasteiger partial charge in [0.15, 0.2) is 0 Å². The Bertz CT molecular complexity index is 1030. The monoisotopic (exact) mass is 475 g/mol. The Morgan fingerprint density at radius 1 is 1.09 bits per heavy atom. The van der Waals surface area contributed by atoms with Gasteiger partial charge in [-0.05, 0) is 50.1 Å². The minimum atomic E-state index is -3.62. The van der Waals surface area contributed by atoms with Crippen LogP contribution in [0.15, 0.2) is 59.5 Å². The van der Waals surface area contributed by atoms with Gasteiger partial charge in [-0.25, -0.2) is 12.7 Å². The van der Waals surface area contributed by atoms with Crippen molar-refractivity contribution in [2.75, 3.05) is 27.2 Å². The van der Waals surface area contributed by atoms with Gasteiger partial charge in [0.2, 0.25) is 21.8 Å². The van der Waals surface area contributed by atoms with Crippen molar-refractivity contribution in [3.8, 4) is 5.75 Å². The van der Waals surface area contributed by atoms with Crippen molar-refractivity contribution < 1.29 is 22.7 Å². The first kappa shape index (κ1) is 26.3. The van der Waals surface area contributed by atoms with E-state index in [4.69, 9.17) is 4.74 Å². The zero-order chi connectivity index (χ0) is 24.4. The SMILES string of the molecule is CCNC(=O)[C@H](C)N(Cc1cccc(OC)c1)C(=O)CCCN(C)S(=O)(=O)c1ccccc1. The molecule has 0 saturated carbocycles. The van der Waals surface area contributed by atoms with Crippen LogP contribution in [-0.4, -0.2) is 62.7 Å². The molecule has 1 atom stereocenters. The van der Waals surface area contributed by atoms with E-state index in [2.05, 4.69) is 5.32 Å². The quantitative estimate of drug-likeness (QED) is 0.509. The fourth-order valence-corrected chi connectivity index (χ4v) is 4.59. The second-order valence-electron chi connectivity index (χ2n) is 7.69. The molecule has 8 nitrogen and oxygen atoms in total. The summed E-state index contributed by atoms with van der Waals surface area (Å²) in [5.41, 5.74) is 0.836. The van der Waals surface area contributed by atoms with Gasteiger partial charge in [0.1, 0.15) is 11.8 Å². The Morgan fingerprint density at radius 2 is 1.79 bits per heavy atom. The van der Waals surface area contributed by atoms with Crippen LogP contribution < -0.4 is 10.1 Å². The van der Waals surface area contributed by atoms with Gasteiger partial charge in [0.25, 0.3) is 0 Å². The molecular formula is C24H33N3O5S. The van der Waals surface area contributed by atoms with Gasteiger partial charge in [-0.2, -0.15) is 0 Å². The normalized spacial score (nSPS) is 12.3. The zero-order valence-corrected chi connectivity index (χ0v) is 20.5. The van der Waals surface area contributed by atoms with Crippen LogP contribution in [0.25, 0.3) is 0 Å². The summed E-state index contributed by atoms with van der Waals surface area (Å²) >= 11 is 0. The lowest BCUT2D eigenvalue weighted by atomic mass is 10.1. The molecule has 33 heavy (non-hydrogen) atoms. The van der Waals surface area contributed by atoms with E-state index in [-0.39, 0.29) is 36.2 Å². The van der Waals surface area contributed by atoms with Crippen molar-refractivity contribution in [2.45, 2.75) is 44.2 Å². The van der Waals surface area contributed by atoms with E-state index in [0.29, 0.717) is 18.7 Å². The van der Waals surface area contributed by atoms with Gasteiger partial charge in [-0.3, -0.25) is 9.59 Å². The summed E-state index contributed by atoms with van der Waals surface area (Å²) in [4.78, 5) is 27.3. The molecular weight excluding hydrogens is 442 g/mol. The lowest BCUT2D eigenvalue weighted by Crippen LogP contribution is -2.47. The highest BCUT2D eigenvalue weighted by Gasteiger charge is 2.26. The van der Waals surface area contributed by atoms with Crippen LogP contribution in [-0.2, 0) is 26.2 Å². The lowest BCUT2D eigenvalue weighted by Gasteiger charge is -2.29. The molecule has 0 fully saturated rings. The number of nitrogens with one attached hydrogen (secondary N) is 1. The maximum atomic E-state index is 13.1. The first-order valence-electron chi connectivity index (χ1n) is 10.9. The molecule has 0 spiro atoms. The molecule has 180 valence electrons. The molecule has 0 aromatic heterocycles. The maximum absolute atomic E-state index is 13.1. The third kappa shape index (κ3) is 7.30. The Balaban J connectivity index is 2.08. The van der Waals surface area contributed by atoms with Crippen LogP contribution in [0.3, 0.4) is 0 Å². The number of carbonyl (C=O) groups excluding carboxylic acids is 2. The van der Waals surface area contributed by atoms with Crippen molar-refractivity contribution in [1.82, 2.24) is 14.5 Å². The molecule has 9 heteroatoms. The third-order valence-electron chi connectivity index (χ3n) is 5.32. The van der Waals surface area contributed by atoms with Crippen LogP contribution in [0.2, 0.25) is 0 Å². The largest absolute Gasteiger partial charge is 0.497 e. The van der Waals surface area contributed by atoms with Gasteiger partial charge in [0.05, 0.1) is 12.0 Å². The maximum Gasteiger partial charge on any atom is 0.242 e. The van der Waals surface area contributed by atoms with E-state index in [1.807, 2.05) is 31.2 Å². The number of amides is 2. The number of rotatable bonds is 12. The predicted molar refractivity (Wildman–Crippen MR) is 127 cm³/mol. The number of ether oxygens (including phenoxy) is 1. The van der Waals surface area contributed by atoms with E-state index >= 15 is 0 Å². The summed E-state index contributed by atoms with van der Waals surface area (Å²) in [6.07, 6.45) is 0.445. The number of benzene rings is 2. The molecule has 2 amide bonds. The second-order valence-corrected chi connectivity index (χ2v) is 9.73. The average Bonchev–Trinajstić information content (AvgIpc) is 2.82. The van der Waals surface area contributed by atoms with Crippen molar-refractivity contribution in [2.24, 2.45) is 0 Å². The van der Waals surface area contributed by atoms with Crippen molar-refractivity contribution in [3.63, 3.8) is 0 Å². The summed E-state index contributed by atoms with van der Waals surface area (Å²) in [6, 6.07) is 14.8. The number of methoxy groups -OCH3 is 1. The van der Waals surface area contributed by atoms with Gasteiger partial charge >= 0.3 is 0 Å². The van der Waals surface area contributed by atoms with E-state index in [1.165, 1.54) is 16.3 Å². The molecule has 0 heterocycles. The molecule has 0 saturated heterocycles. The molecule has 2 aromatic rings. The standard InChI is InChI=1S/C24H33N3O5S/c1-5-25-24(29)19(2)27(18-20-11-9-12-21(17-20)32-4)23(28)15-10-16-26(3)33(30,31)22-13-7-6-8-14-22/h6-9,11-14,17,19H,5,10,15-16,18H2,1-4H3,(H,25,29)/t19-/m0/s1. The molecule has 0 aliphatic rings. The Morgan fingerprint density at radius 3 is 2.42 bits per heavy atom. The van der Waals surface area contributed by atoms with Crippen LogP contribution in [0.4, 0.5) is 0 Å². The smallest absolute Gasteiger partial charge is 0.242 e. The van der Waals surface area contributed by atoms with E-state index < -0.39 is 16.1 Å². The highest BCUT2D eigenvalue weighted by Crippen LogP contribution is 2.18. The molecule has 1 N–H and O–H groups in total. The van der Waals surface area contributed by atoms with Crippen LogP contribution in [0.5, 0.6) is 5.75 Å². The molecule has 2 aromatic carbocycles. The summed E-state index contributed by atoms with van der Waals surface area (Å²) in [6.45, 7) is 4.40. The molecule has 0 bridgehead atoms. The molecule has 0 unspecified atom stereocenters. The minimum Gasteiger partial charge on any atom is -0.497 e. The number of nitrogens with zero attached hydrogens (tertiary/aromatic N) is 2. The predicted octanol–water partition coefficient (Wildman–Crippen LogP) is 2.65. The highest BCUT2D eigenvalue weighted by atomic mass is 32.2. The lowest BCUT2D eigenvalue weighted by molar-refractivity contribution is -0.140. The van der Waals surface area contributed by atoms with Crippen LogP contribution in [0.1, 0.15) is 32.3 Å². The summed E-state index contributed by atoms with van der Waals surface area (Å²) < 4.78 is 31.9. The minimum absolute atomic E-state index is 0.113. The van der Waals surface area contributed by atoms with Gasteiger partial charge < -0.3 is 15.0 Å². The number of hydrogen-bond acceptors (Lipinski definition) is 5. The average molecular weight is 476 g/mol. The van der Waals surface area contributed by atoms with Gasteiger partial charge in [-0.15, -0.1) is 0 Å². The van der Waals surface area contributed by atoms with Crippen LogP contribution >= 0.6 is 0 Å². The number of likely N-dealkylation sites (N-methyl/N-ethyl adjacent to an activating group) is 1. The summed E-state index contributed by atoms with van der Waals surface area (Å²) in [5, 5.41) is 2.76. The first-order chi connectivity index (χ1) is 15.7. The van der Waals surface area contributed by atoms with Gasteiger partial charge in [-0.1, -0.05) is 30.3 Å². The van der Waals surface area contributed by atoms with E-state index in [0.717, 1.165) is 5.56 Å². The molecule has 0 radical (unpaired) electrons. The Labute approximate surface area is 196 Å². The Hall–Kier alpha value is -2.91. The van der Waals surface area contributed by atoms with Crippen molar-refractivity contribution in [1.29, 1.82) is 0 Å². The van der Waals surface area contributed by atoms with Crippen LogP contribution in [0, 0.1) is 0 Å². The van der Waals surface area contributed by atoms with Crippen molar-refractivity contribution in [3.05, 3.63) is 60.2 Å².